The van der Waals surface area contributed by atoms with Crippen LogP contribution in [0.3, 0.4) is 0 Å². The van der Waals surface area contributed by atoms with E-state index in [-0.39, 0.29) is 12.2 Å². The number of carbonyl (C=O) groups is 1. The number of hydrogen-bond acceptors (Lipinski definition) is 7. The van der Waals surface area contributed by atoms with Crippen molar-refractivity contribution in [3.05, 3.63) is 78.5 Å². The number of piperazine rings is 1. The Kier molecular flexibility index (Phi) is 5.42. The monoisotopic (exact) mass is 463 g/mol. The Hall–Kier alpha value is -4.17. The zero-order valence-corrected chi connectivity index (χ0v) is 19.5. The predicted molar refractivity (Wildman–Crippen MR) is 137 cm³/mol. The van der Waals surface area contributed by atoms with Gasteiger partial charge in [0.05, 0.1) is 23.3 Å². The summed E-state index contributed by atoms with van der Waals surface area (Å²) in [4.78, 5) is 39.1. The molecule has 0 amide bonds. The first kappa shape index (κ1) is 21.4. The van der Waals surface area contributed by atoms with E-state index in [1.54, 1.807) is 18.5 Å². The number of ketones is 1. The van der Waals surface area contributed by atoms with Gasteiger partial charge in [0.2, 0.25) is 0 Å². The summed E-state index contributed by atoms with van der Waals surface area (Å²) in [5.74, 6) is 0.877. The minimum atomic E-state index is 0.0212. The number of rotatable bonds is 5. The lowest BCUT2D eigenvalue weighted by atomic mass is 10.1. The quantitative estimate of drug-likeness (QED) is 0.397. The van der Waals surface area contributed by atoms with Crippen molar-refractivity contribution in [2.24, 2.45) is 0 Å². The highest BCUT2D eigenvalue weighted by Crippen LogP contribution is 2.24. The van der Waals surface area contributed by atoms with Crippen LogP contribution in [0.4, 0.5) is 5.82 Å². The third-order valence-electron chi connectivity index (χ3n) is 6.56. The molecular formula is C27H25N7O. The van der Waals surface area contributed by atoms with Gasteiger partial charge in [-0.3, -0.25) is 9.78 Å². The highest BCUT2D eigenvalue weighted by atomic mass is 16.1. The van der Waals surface area contributed by atoms with Crippen molar-refractivity contribution in [3.63, 3.8) is 0 Å². The number of fused-ring (bicyclic) bond motifs is 2. The van der Waals surface area contributed by atoms with Crippen molar-refractivity contribution in [2.75, 3.05) is 38.1 Å². The van der Waals surface area contributed by atoms with E-state index >= 15 is 0 Å². The van der Waals surface area contributed by atoms with Crippen LogP contribution in [0.1, 0.15) is 16.1 Å². The summed E-state index contributed by atoms with van der Waals surface area (Å²) in [6.07, 6.45) is 7.41. The van der Waals surface area contributed by atoms with Gasteiger partial charge in [-0.05, 0) is 49.5 Å². The number of carbonyl (C=O) groups excluding carboxylic acids is 1. The molecule has 0 radical (unpaired) electrons. The molecule has 0 unspecified atom stereocenters. The highest BCUT2D eigenvalue weighted by molar-refractivity contribution is 5.98. The molecule has 8 nitrogen and oxygen atoms in total. The second kappa shape index (κ2) is 8.88. The summed E-state index contributed by atoms with van der Waals surface area (Å²) in [7, 11) is 2.12. The van der Waals surface area contributed by atoms with Gasteiger partial charge in [0.1, 0.15) is 11.5 Å². The van der Waals surface area contributed by atoms with E-state index in [2.05, 4.69) is 42.8 Å². The first-order valence-corrected chi connectivity index (χ1v) is 11.7. The number of pyridine rings is 4. The summed E-state index contributed by atoms with van der Waals surface area (Å²) in [6, 6.07) is 13.6. The number of Topliss-reactive ketones (excluding diaryl/α,β-unsaturated/α-hetero) is 1. The predicted octanol–water partition coefficient (Wildman–Crippen LogP) is 3.75. The fourth-order valence-corrected chi connectivity index (χ4v) is 4.46. The van der Waals surface area contributed by atoms with Gasteiger partial charge in [-0.2, -0.15) is 0 Å². The summed E-state index contributed by atoms with van der Waals surface area (Å²) in [5, 5.41) is 1.97. The zero-order chi connectivity index (χ0) is 23.8. The molecule has 1 fully saturated rings. The SMILES string of the molecule is CN1CCN(c2cc(C(=O)Cc3cc4nc(-c5cnc6[nH]ccc6c5)ccc4cn3)ccn2)CC1. The van der Waals surface area contributed by atoms with E-state index in [4.69, 9.17) is 4.98 Å². The van der Waals surface area contributed by atoms with Crippen LogP contribution in [0.25, 0.3) is 33.2 Å². The number of nitrogens with zero attached hydrogens (tertiary/aromatic N) is 6. The van der Waals surface area contributed by atoms with Crippen molar-refractivity contribution in [1.82, 2.24) is 29.8 Å². The summed E-state index contributed by atoms with van der Waals surface area (Å²) in [5.41, 5.74) is 4.80. The molecule has 0 spiro atoms. The van der Waals surface area contributed by atoms with Crippen LogP contribution in [0, 0.1) is 0 Å². The zero-order valence-electron chi connectivity index (χ0n) is 19.5. The van der Waals surface area contributed by atoms with Crippen molar-refractivity contribution in [1.29, 1.82) is 0 Å². The summed E-state index contributed by atoms with van der Waals surface area (Å²) in [6.45, 7) is 3.80. The maximum absolute atomic E-state index is 13.1. The fourth-order valence-electron chi connectivity index (χ4n) is 4.46. The number of anilines is 1. The number of nitrogens with one attached hydrogen (secondary N) is 1. The van der Waals surface area contributed by atoms with E-state index in [0.29, 0.717) is 11.3 Å². The highest BCUT2D eigenvalue weighted by Gasteiger charge is 2.17. The smallest absolute Gasteiger partial charge is 0.169 e. The van der Waals surface area contributed by atoms with E-state index in [1.807, 2.05) is 42.7 Å². The van der Waals surface area contributed by atoms with Gasteiger partial charge in [-0.25, -0.2) is 15.0 Å². The molecule has 1 saturated heterocycles. The molecule has 35 heavy (non-hydrogen) atoms. The Morgan fingerprint density at radius 2 is 1.83 bits per heavy atom. The molecule has 0 aromatic carbocycles. The first-order chi connectivity index (χ1) is 17.1. The van der Waals surface area contributed by atoms with Crippen LogP contribution in [-0.4, -0.2) is 68.8 Å². The lowest BCUT2D eigenvalue weighted by Crippen LogP contribution is -2.44. The Labute approximate surface area is 202 Å². The van der Waals surface area contributed by atoms with Crippen molar-refractivity contribution >= 4 is 33.5 Å². The Morgan fingerprint density at radius 3 is 2.71 bits per heavy atom. The third-order valence-corrected chi connectivity index (χ3v) is 6.56. The van der Waals surface area contributed by atoms with Gasteiger partial charge in [-0.15, -0.1) is 0 Å². The lowest BCUT2D eigenvalue weighted by Gasteiger charge is -2.33. The fraction of sp³-hybridized carbons (Fsp3) is 0.222. The van der Waals surface area contributed by atoms with Gasteiger partial charge >= 0.3 is 0 Å². The number of likely N-dealkylation sites (N-methyl/N-ethyl adjacent to an activating group) is 1. The third kappa shape index (κ3) is 4.36. The molecule has 174 valence electrons. The molecule has 0 bridgehead atoms. The second-order valence-electron chi connectivity index (χ2n) is 9.00. The average molecular weight is 464 g/mol. The normalized spacial score (nSPS) is 14.6. The van der Waals surface area contributed by atoms with Crippen LogP contribution >= 0.6 is 0 Å². The molecule has 0 saturated carbocycles. The maximum Gasteiger partial charge on any atom is 0.169 e. The molecule has 1 aliphatic rings. The molecule has 6 rings (SSSR count). The lowest BCUT2D eigenvalue weighted by molar-refractivity contribution is 0.0992. The standard InChI is InChI=1S/C27H25N7O/c1-33-8-10-34(11-9-33)26-13-18(4-6-28-26)25(35)15-22-14-24-20(16-30-22)2-3-23(32-24)21-12-19-5-7-29-27(19)31-17-21/h2-7,12-14,16-17H,8-11,15H2,1H3,(H,29,31). The number of H-pyrrole nitrogens is 1. The number of aromatic nitrogens is 5. The molecule has 1 N–H and O–H groups in total. The average Bonchev–Trinajstić information content (AvgIpc) is 3.37. The number of hydrogen-bond donors (Lipinski definition) is 1. The minimum absolute atomic E-state index is 0.0212. The van der Waals surface area contributed by atoms with E-state index in [1.165, 1.54) is 0 Å². The molecule has 5 aromatic rings. The van der Waals surface area contributed by atoms with Gasteiger partial charge in [0.25, 0.3) is 0 Å². The Bertz CT molecular complexity index is 1540. The van der Waals surface area contributed by atoms with Crippen LogP contribution in [-0.2, 0) is 6.42 Å². The topological polar surface area (TPSA) is 90.9 Å². The van der Waals surface area contributed by atoms with Gasteiger partial charge in [0, 0.05) is 72.9 Å². The summed E-state index contributed by atoms with van der Waals surface area (Å²) < 4.78 is 0. The number of aromatic amines is 1. The van der Waals surface area contributed by atoms with E-state index in [9.17, 15) is 4.79 Å². The molecule has 1 aliphatic heterocycles. The Morgan fingerprint density at radius 1 is 0.943 bits per heavy atom. The van der Waals surface area contributed by atoms with Crippen molar-refractivity contribution in [2.45, 2.75) is 6.42 Å². The molecule has 0 atom stereocenters. The molecule has 6 heterocycles. The molecule has 0 aliphatic carbocycles. The maximum atomic E-state index is 13.1. The van der Waals surface area contributed by atoms with Crippen molar-refractivity contribution < 1.29 is 4.79 Å². The van der Waals surface area contributed by atoms with Crippen molar-refractivity contribution in [3.8, 4) is 11.3 Å². The van der Waals surface area contributed by atoms with Crippen LogP contribution in [0.2, 0.25) is 0 Å². The van der Waals surface area contributed by atoms with Gasteiger partial charge < -0.3 is 14.8 Å². The first-order valence-electron chi connectivity index (χ1n) is 11.7. The largest absolute Gasteiger partial charge is 0.354 e. The summed E-state index contributed by atoms with van der Waals surface area (Å²) >= 11 is 0. The Balaban J connectivity index is 1.24. The second-order valence-corrected chi connectivity index (χ2v) is 9.00. The van der Waals surface area contributed by atoms with E-state index in [0.717, 1.165) is 65.2 Å². The van der Waals surface area contributed by atoms with Crippen LogP contribution in [0.15, 0.2) is 67.3 Å². The minimum Gasteiger partial charge on any atom is -0.354 e. The molecule has 5 aromatic heterocycles. The van der Waals surface area contributed by atoms with Crippen LogP contribution in [0.5, 0.6) is 0 Å². The van der Waals surface area contributed by atoms with Gasteiger partial charge in [-0.1, -0.05) is 0 Å². The van der Waals surface area contributed by atoms with Crippen LogP contribution < -0.4 is 4.90 Å². The molecular weight excluding hydrogens is 438 g/mol. The van der Waals surface area contributed by atoms with Gasteiger partial charge in [0.15, 0.2) is 5.78 Å². The molecule has 8 heteroatoms. The van der Waals surface area contributed by atoms with E-state index < -0.39 is 0 Å².